The van der Waals surface area contributed by atoms with Gasteiger partial charge in [0.05, 0.1) is 13.7 Å². The van der Waals surface area contributed by atoms with Gasteiger partial charge < -0.3 is 9.84 Å². The van der Waals surface area contributed by atoms with Gasteiger partial charge in [-0.1, -0.05) is 0 Å². The Kier molecular flexibility index (Phi) is 3.02. The molecule has 12 heavy (non-hydrogen) atoms. The van der Waals surface area contributed by atoms with Gasteiger partial charge in [-0.3, -0.25) is 9.63 Å². The van der Waals surface area contributed by atoms with Crippen molar-refractivity contribution in [2.24, 2.45) is 0 Å². The Labute approximate surface area is 70.8 Å². The molecular formula is C7H13NO4. The highest BCUT2D eigenvalue weighted by molar-refractivity contribution is 5.75. The second kappa shape index (κ2) is 3.84. The molecule has 1 fully saturated rings. The zero-order chi connectivity index (χ0) is 9.14. The first-order valence-corrected chi connectivity index (χ1v) is 3.77. The fourth-order valence-electron chi connectivity index (χ4n) is 1.24. The van der Waals surface area contributed by atoms with Gasteiger partial charge in [0, 0.05) is 13.5 Å². The van der Waals surface area contributed by atoms with Crippen LogP contribution in [0.15, 0.2) is 0 Å². The smallest absolute Gasteiger partial charge is 0.325 e. The van der Waals surface area contributed by atoms with E-state index in [4.69, 9.17) is 9.94 Å². The summed E-state index contributed by atoms with van der Waals surface area (Å²) >= 11 is 0. The van der Waals surface area contributed by atoms with Crippen molar-refractivity contribution in [3.63, 3.8) is 0 Å². The summed E-state index contributed by atoms with van der Waals surface area (Å²) in [5.41, 5.74) is 0. The molecular weight excluding hydrogens is 162 g/mol. The van der Waals surface area contributed by atoms with E-state index in [2.05, 4.69) is 4.74 Å². The lowest BCUT2D eigenvalue weighted by Gasteiger charge is -2.14. The van der Waals surface area contributed by atoms with Crippen molar-refractivity contribution >= 4 is 5.97 Å². The Morgan fingerprint density at radius 3 is 2.92 bits per heavy atom. The van der Waals surface area contributed by atoms with Crippen LogP contribution in [0, 0.1) is 0 Å². The number of hydroxylamine groups is 2. The topological polar surface area (TPSA) is 59.0 Å². The van der Waals surface area contributed by atoms with E-state index in [0.717, 1.165) is 0 Å². The number of hydrogen-bond acceptors (Lipinski definition) is 5. The lowest BCUT2D eigenvalue weighted by Crippen LogP contribution is -2.32. The molecule has 0 aliphatic carbocycles. The number of aliphatic hydroxyl groups is 1. The third kappa shape index (κ3) is 1.74. The van der Waals surface area contributed by atoms with Crippen molar-refractivity contribution in [2.75, 3.05) is 20.8 Å². The lowest BCUT2D eigenvalue weighted by molar-refractivity contribution is -0.173. The molecule has 1 N–H and O–H groups in total. The van der Waals surface area contributed by atoms with Crippen LogP contribution in [-0.2, 0) is 14.4 Å². The molecule has 5 nitrogen and oxygen atoms in total. The average Bonchev–Trinajstić information content (AvgIpc) is 2.45. The number of likely N-dealkylation sites (N-methyl/N-ethyl adjacent to an activating group) is 1. The molecule has 1 heterocycles. The van der Waals surface area contributed by atoms with Crippen LogP contribution in [0.2, 0.25) is 0 Å². The molecule has 70 valence electrons. The normalized spacial score (nSPS) is 30.6. The molecule has 0 aromatic carbocycles. The second-order valence-electron chi connectivity index (χ2n) is 2.73. The average molecular weight is 175 g/mol. The predicted molar refractivity (Wildman–Crippen MR) is 40.1 cm³/mol. The van der Waals surface area contributed by atoms with Crippen LogP contribution in [0.3, 0.4) is 0 Å². The molecule has 1 aliphatic rings. The van der Waals surface area contributed by atoms with E-state index >= 15 is 0 Å². The molecule has 0 saturated carbocycles. The minimum atomic E-state index is -0.382. The van der Waals surface area contributed by atoms with Gasteiger partial charge in [0.25, 0.3) is 0 Å². The van der Waals surface area contributed by atoms with Crippen LogP contribution < -0.4 is 0 Å². The second-order valence-corrected chi connectivity index (χ2v) is 2.73. The highest BCUT2D eigenvalue weighted by atomic mass is 16.7. The van der Waals surface area contributed by atoms with Gasteiger partial charge in [-0.25, -0.2) is 0 Å². The summed E-state index contributed by atoms with van der Waals surface area (Å²) in [6.07, 6.45) is 0.207. The van der Waals surface area contributed by atoms with Crippen LogP contribution in [0.1, 0.15) is 6.42 Å². The van der Waals surface area contributed by atoms with E-state index in [1.807, 2.05) is 0 Å². The summed E-state index contributed by atoms with van der Waals surface area (Å²) in [6.45, 7) is -0.0716. The van der Waals surface area contributed by atoms with Gasteiger partial charge in [0.1, 0.15) is 12.1 Å². The first kappa shape index (κ1) is 9.44. The van der Waals surface area contributed by atoms with Crippen LogP contribution in [0.5, 0.6) is 0 Å². The van der Waals surface area contributed by atoms with E-state index in [-0.39, 0.29) is 24.7 Å². The Hall–Kier alpha value is -0.650. The largest absolute Gasteiger partial charge is 0.468 e. The first-order valence-electron chi connectivity index (χ1n) is 3.77. The van der Waals surface area contributed by atoms with Crippen molar-refractivity contribution in [2.45, 2.75) is 18.6 Å². The standard InChI is InChI=1S/C7H13NO4/c1-8-6(7(10)11-2)3-5(4-9)12-8/h5-6,9H,3-4H2,1-2H3/t5-,6+/m1/s1. The number of nitrogens with zero attached hydrogens (tertiary/aromatic N) is 1. The van der Waals surface area contributed by atoms with Gasteiger partial charge in [0.15, 0.2) is 0 Å². The number of esters is 1. The number of methoxy groups -OCH3 is 1. The molecule has 0 aromatic heterocycles. The van der Waals surface area contributed by atoms with Crippen LogP contribution in [-0.4, -0.2) is 49.0 Å². The number of rotatable bonds is 2. The molecule has 0 aromatic rings. The fraction of sp³-hybridized carbons (Fsp3) is 0.857. The predicted octanol–water partition coefficient (Wildman–Crippen LogP) is -0.844. The van der Waals surface area contributed by atoms with Crippen LogP contribution in [0.25, 0.3) is 0 Å². The van der Waals surface area contributed by atoms with Crippen molar-refractivity contribution in [1.82, 2.24) is 5.06 Å². The Morgan fingerprint density at radius 1 is 1.83 bits per heavy atom. The summed E-state index contributed by atoms with van der Waals surface area (Å²) in [5.74, 6) is -0.326. The van der Waals surface area contributed by atoms with Gasteiger partial charge in [0.2, 0.25) is 0 Å². The van der Waals surface area contributed by atoms with Crippen molar-refractivity contribution < 1.29 is 19.5 Å². The zero-order valence-corrected chi connectivity index (χ0v) is 7.19. The quantitative estimate of drug-likeness (QED) is 0.554. The molecule has 1 aliphatic heterocycles. The summed E-state index contributed by atoms with van der Waals surface area (Å²) < 4.78 is 4.56. The van der Waals surface area contributed by atoms with Gasteiger partial charge >= 0.3 is 5.97 Å². The van der Waals surface area contributed by atoms with E-state index in [1.54, 1.807) is 7.05 Å². The van der Waals surface area contributed by atoms with E-state index in [0.29, 0.717) is 6.42 Å². The maximum atomic E-state index is 11.1. The monoisotopic (exact) mass is 175 g/mol. The molecule has 1 rings (SSSR count). The molecule has 2 atom stereocenters. The maximum absolute atomic E-state index is 11.1. The van der Waals surface area contributed by atoms with Crippen molar-refractivity contribution in [1.29, 1.82) is 0 Å². The Morgan fingerprint density at radius 2 is 2.50 bits per heavy atom. The summed E-state index contributed by atoms with van der Waals surface area (Å²) in [7, 11) is 2.99. The highest BCUT2D eigenvalue weighted by Gasteiger charge is 2.36. The van der Waals surface area contributed by atoms with Crippen molar-refractivity contribution in [3.05, 3.63) is 0 Å². The Bertz CT molecular complexity index is 173. The van der Waals surface area contributed by atoms with Gasteiger partial charge in [-0.2, -0.15) is 5.06 Å². The van der Waals surface area contributed by atoms with Crippen LogP contribution in [0.4, 0.5) is 0 Å². The summed E-state index contributed by atoms with van der Waals surface area (Å²) in [4.78, 5) is 16.2. The molecule has 0 spiro atoms. The van der Waals surface area contributed by atoms with Crippen LogP contribution >= 0.6 is 0 Å². The number of carbonyl (C=O) groups is 1. The minimum Gasteiger partial charge on any atom is -0.468 e. The molecule has 0 amide bonds. The highest BCUT2D eigenvalue weighted by Crippen LogP contribution is 2.19. The lowest BCUT2D eigenvalue weighted by atomic mass is 10.1. The molecule has 5 heteroatoms. The summed E-state index contributed by atoms with van der Waals surface area (Å²) in [6, 6.07) is -0.382. The zero-order valence-electron chi connectivity index (χ0n) is 7.19. The first-order chi connectivity index (χ1) is 5.69. The summed E-state index contributed by atoms with van der Waals surface area (Å²) in [5, 5.41) is 10.2. The number of carbonyl (C=O) groups excluding carboxylic acids is 1. The van der Waals surface area contributed by atoms with E-state index in [1.165, 1.54) is 12.2 Å². The molecule has 0 radical (unpaired) electrons. The number of aliphatic hydroxyl groups excluding tert-OH is 1. The van der Waals surface area contributed by atoms with Crippen molar-refractivity contribution in [3.8, 4) is 0 Å². The third-order valence-electron chi connectivity index (χ3n) is 1.92. The fourth-order valence-corrected chi connectivity index (χ4v) is 1.24. The third-order valence-corrected chi connectivity index (χ3v) is 1.92. The maximum Gasteiger partial charge on any atom is 0.325 e. The number of hydrogen-bond donors (Lipinski definition) is 1. The van der Waals surface area contributed by atoms with Gasteiger partial charge in [-0.05, 0) is 0 Å². The Balaban J connectivity index is 2.51. The van der Waals surface area contributed by atoms with E-state index in [9.17, 15) is 4.79 Å². The van der Waals surface area contributed by atoms with E-state index < -0.39 is 0 Å². The van der Waals surface area contributed by atoms with Gasteiger partial charge in [-0.15, -0.1) is 0 Å². The molecule has 1 saturated heterocycles. The number of ether oxygens (including phenoxy) is 1. The molecule has 0 bridgehead atoms. The SMILES string of the molecule is COC(=O)[C@@H]1C[C@H](CO)ON1C. The minimum absolute atomic E-state index is 0.0716. The molecule has 0 unspecified atom stereocenters.